The summed E-state index contributed by atoms with van der Waals surface area (Å²) < 4.78 is 0. The Kier molecular flexibility index (Phi) is 5.24. The van der Waals surface area contributed by atoms with Crippen molar-refractivity contribution in [1.82, 2.24) is 0 Å². The Morgan fingerprint density at radius 3 is 1.68 bits per heavy atom. The summed E-state index contributed by atoms with van der Waals surface area (Å²) >= 11 is 0. The predicted molar refractivity (Wildman–Crippen MR) is 126 cm³/mol. The van der Waals surface area contributed by atoms with Gasteiger partial charge in [-0.2, -0.15) is 0 Å². The van der Waals surface area contributed by atoms with Gasteiger partial charge in [0.25, 0.3) is 11.8 Å². The third-order valence-corrected chi connectivity index (χ3v) is 5.38. The lowest BCUT2D eigenvalue weighted by molar-refractivity contribution is -0.120. The molecule has 4 heteroatoms. The van der Waals surface area contributed by atoms with Gasteiger partial charge >= 0.3 is 0 Å². The van der Waals surface area contributed by atoms with Crippen molar-refractivity contribution in [1.29, 1.82) is 0 Å². The normalized spacial score (nSPS) is 13.9. The molecule has 3 aromatic rings. The van der Waals surface area contributed by atoms with E-state index in [1.165, 1.54) is 4.90 Å². The van der Waals surface area contributed by atoms with Gasteiger partial charge in [0.1, 0.15) is 5.70 Å². The molecule has 0 fully saturated rings. The SMILES string of the molecule is Cc1ccc(C2=C(Nc3cc(C)cc(C)c3)C(=O)N(c3cc(C)cc(C)c3)C2=O)cc1. The third-order valence-electron chi connectivity index (χ3n) is 5.38. The first-order chi connectivity index (χ1) is 14.7. The van der Waals surface area contributed by atoms with E-state index in [-0.39, 0.29) is 11.8 Å². The average Bonchev–Trinajstić information content (AvgIpc) is 2.91. The van der Waals surface area contributed by atoms with Crippen molar-refractivity contribution in [2.45, 2.75) is 34.6 Å². The van der Waals surface area contributed by atoms with Crippen LogP contribution in [0, 0.1) is 34.6 Å². The molecule has 0 aromatic heterocycles. The number of rotatable bonds is 4. The summed E-state index contributed by atoms with van der Waals surface area (Å²) in [6, 6.07) is 19.5. The maximum absolute atomic E-state index is 13.6. The van der Waals surface area contributed by atoms with E-state index in [1.807, 2.05) is 89.2 Å². The van der Waals surface area contributed by atoms with Crippen LogP contribution in [0.4, 0.5) is 11.4 Å². The molecule has 0 atom stereocenters. The van der Waals surface area contributed by atoms with Crippen LogP contribution in [0.5, 0.6) is 0 Å². The average molecular weight is 411 g/mol. The Morgan fingerprint density at radius 2 is 1.13 bits per heavy atom. The summed E-state index contributed by atoms with van der Waals surface area (Å²) in [6.45, 7) is 9.94. The summed E-state index contributed by atoms with van der Waals surface area (Å²) in [7, 11) is 0. The highest BCUT2D eigenvalue weighted by Crippen LogP contribution is 2.34. The number of nitrogens with one attached hydrogen (secondary N) is 1. The van der Waals surface area contributed by atoms with Crippen molar-refractivity contribution in [2.24, 2.45) is 0 Å². The topological polar surface area (TPSA) is 49.4 Å². The number of nitrogens with zero attached hydrogens (tertiary/aromatic N) is 1. The van der Waals surface area contributed by atoms with Crippen molar-refractivity contribution >= 4 is 28.8 Å². The van der Waals surface area contributed by atoms with Gasteiger partial charge in [0.15, 0.2) is 0 Å². The van der Waals surface area contributed by atoms with Gasteiger partial charge in [-0.15, -0.1) is 0 Å². The Bertz CT molecular complexity index is 1200. The molecule has 4 rings (SSSR count). The number of hydrogen-bond donors (Lipinski definition) is 1. The Morgan fingerprint density at radius 1 is 0.613 bits per heavy atom. The highest BCUT2D eigenvalue weighted by atomic mass is 16.2. The van der Waals surface area contributed by atoms with Crippen LogP contribution in [-0.2, 0) is 9.59 Å². The van der Waals surface area contributed by atoms with Crippen LogP contribution >= 0.6 is 0 Å². The Balaban J connectivity index is 1.85. The zero-order valence-electron chi connectivity index (χ0n) is 18.5. The lowest BCUT2D eigenvalue weighted by atomic mass is 10.0. The molecule has 1 aliphatic rings. The first-order valence-corrected chi connectivity index (χ1v) is 10.4. The zero-order valence-corrected chi connectivity index (χ0v) is 18.5. The maximum Gasteiger partial charge on any atom is 0.282 e. The van der Waals surface area contributed by atoms with E-state index in [2.05, 4.69) is 11.4 Å². The molecule has 1 N–H and O–H groups in total. The Hall–Kier alpha value is -3.66. The number of anilines is 2. The molecule has 1 heterocycles. The highest BCUT2D eigenvalue weighted by Gasteiger charge is 2.40. The van der Waals surface area contributed by atoms with Crippen molar-refractivity contribution in [3.8, 4) is 0 Å². The minimum absolute atomic E-state index is 0.304. The van der Waals surface area contributed by atoms with Crippen LogP contribution in [-0.4, -0.2) is 11.8 Å². The maximum atomic E-state index is 13.6. The molecule has 0 aliphatic carbocycles. The van der Waals surface area contributed by atoms with Gasteiger partial charge in [-0.1, -0.05) is 42.0 Å². The molecule has 0 radical (unpaired) electrons. The van der Waals surface area contributed by atoms with Crippen molar-refractivity contribution in [2.75, 3.05) is 10.2 Å². The number of imide groups is 1. The summed E-state index contributed by atoms with van der Waals surface area (Å²) in [6.07, 6.45) is 0. The van der Waals surface area contributed by atoms with Crippen LogP contribution < -0.4 is 10.2 Å². The second kappa shape index (κ2) is 7.88. The standard InChI is InChI=1S/C27H26N2O2/c1-16-6-8-21(9-7-16)24-25(28-22-12-17(2)10-18(3)13-22)27(31)29(26(24)30)23-14-19(4)11-20(5)15-23/h6-15,28H,1-5H3. The molecule has 1 aliphatic heterocycles. The molecular formula is C27H26N2O2. The van der Waals surface area contributed by atoms with E-state index in [0.29, 0.717) is 17.0 Å². The fraction of sp³-hybridized carbons (Fsp3) is 0.185. The van der Waals surface area contributed by atoms with Crippen LogP contribution in [0.2, 0.25) is 0 Å². The molecule has 0 spiro atoms. The molecule has 156 valence electrons. The first kappa shape index (κ1) is 20.6. The van der Waals surface area contributed by atoms with Gasteiger partial charge in [-0.3, -0.25) is 9.59 Å². The van der Waals surface area contributed by atoms with Gasteiger partial charge < -0.3 is 5.32 Å². The Labute approximate surface area is 183 Å². The molecule has 3 aromatic carbocycles. The van der Waals surface area contributed by atoms with E-state index in [9.17, 15) is 9.59 Å². The fourth-order valence-electron chi connectivity index (χ4n) is 4.14. The van der Waals surface area contributed by atoms with E-state index < -0.39 is 0 Å². The number of carbonyl (C=O) groups is 2. The fourth-order valence-corrected chi connectivity index (χ4v) is 4.14. The van der Waals surface area contributed by atoms with Gasteiger partial charge in [-0.25, -0.2) is 4.90 Å². The van der Waals surface area contributed by atoms with Crippen LogP contribution in [0.15, 0.2) is 66.4 Å². The molecular weight excluding hydrogens is 384 g/mol. The summed E-state index contributed by atoms with van der Waals surface area (Å²) in [5.41, 5.74) is 8.08. The highest BCUT2D eigenvalue weighted by molar-refractivity contribution is 6.46. The quantitative estimate of drug-likeness (QED) is 0.568. The largest absolute Gasteiger partial charge is 0.350 e. The predicted octanol–water partition coefficient (Wildman–Crippen LogP) is 5.63. The second-order valence-corrected chi connectivity index (χ2v) is 8.41. The summed E-state index contributed by atoms with van der Waals surface area (Å²) in [5, 5.41) is 3.26. The number of benzene rings is 3. The second-order valence-electron chi connectivity index (χ2n) is 8.41. The van der Waals surface area contributed by atoms with Crippen LogP contribution in [0.1, 0.15) is 33.4 Å². The molecule has 2 amide bonds. The minimum atomic E-state index is -0.343. The van der Waals surface area contributed by atoms with Crippen LogP contribution in [0.25, 0.3) is 5.57 Å². The minimum Gasteiger partial charge on any atom is -0.350 e. The van der Waals surface area contributed by atoms with E-state index in [1.54, 1.807) is 0 Å². The molecule has 0 saturated carbocycles. The molecule has 4 nitrogen and oxygen atoms in total. The van der Waals surface area contributed by atoms with Crippen LogP contribution in [0.3, 0.4) is 0 Å². The number of aryl methyl sites for hydroxylation is 5. The lowest BCUT2D eigenvalue weighted by Gasteiger charge is -2.17. The van der Waals surface area contributed by atoms with Gasteiger partial charge in [0.2, 0.25) is 0 Å². The lowest BCUT2D eigenvalue weighted by Crippen LogP contribution is -2.32. The van der Waals surface area contributed by atoms with Crippen molar-refractivity contribution in [3.63, 3.8) is 0 Å². The van der Waals surface area contributed by atoms with E-state index >= 15 is 0 Å². The smallest absolute Gasteiger partial charge is 0.282 e. The molecule has 0 unspecified atom stereocenters. The number of hydrogen-bond acceptors (Lipinski definition) is 3. The zero-order chi connectivity index (χ0) is 22.3. The van der Waals surface area contributed by atoms with Gasteiger partial charge in [0, 0.05) is 5.69 Å². The van der Waals surface area contributed by atoms with Gasteiger partial charge in [-0.05, 0) is 86.7 Å². The number of carbonyl (C=O) groups excluding carboxylic acids is 2. The monoisotopic (exact) mass is 410 g/mol. The number of amides is 2. The van der Waals surface area contributed by atoms with E-state index in [4.69, 9.17) is 0 Å². The first-order valence-electron chi connectivity index (χ1n) is 10.4. The molecule has 31 heavy (non-hydrogen) atoms. The third kappa shape index (κ3) is 4.02. The molecule has 0 bridgehead atoms. The van der Waals surface area contributed by atoms with Crippen molar-refractivity contribution in [3.05, 3.63) is 99.7 Å². The molecule has 0 saturated heterocycles. The summed E-state index contributed by atoms with van der Waals surface area (Å²) in [4.78, 5) is 28.4. The van der Waals surface area contributed by atoms with Gasteiger partial charge in [0.05, 0.1) is 11.3 Å². The van der Waals surface area contributed by atoms with Crippen molar-refractivity contribution < 1.29 is 9.59 Å². The van der Waals surface area contributed by atoms with E-state index in [0.717, 1.165) is 39.1 Å². The summed E-state index contributed by atoms with van der Waals surface area (Å²) in [5.74, 6) is -0.657.